The quantitative estimate of drug-likeness (QED) is 0.715. The number of anilines is 1. The molecule has 27 heavy (non-hydrogen) atoms. The van der Waals surface area contributed by atoms with Crippen molar-refractivity contribution in [1.29, 1.82) is 0 Å². The van der Waals surface area contributed by atoms with E-state index in [2.05, 4.69) is 28.1 Å². The molecule has 136 valence electrons. The summed E-state index contributed by atoms with van der Waals surface area (Å²) in [6, 6.07) is 15.5. The molecule has 2 amide bonds. The van der Waals surface area contributed by atoms with E-state index in [4.69, 9.17) is 0 Å². The Labute approximate surface area is 157 Å². The number of carbonyl (C=O) groups excluding carboxylic acids is 2. The summed E-state index contributed by atoms with van der Waals surface area (Å²) in [4.78, 5) is 32.6. The summed E-state index contributed by atoms with van der Waals surface area (Å²) < 4.78 is 0. The van der Waals surface area contributed by atoms with Gasteiger partial charge in [0.25, 0.3) is 5.91 Å². The molecule has 0 aliphatic carbocycles. The van der Waals surface area contributed by atoms with Gasteiger partial charge in [-0.3, -0.25) is 14.5 Å². The number of nitrogens with one attached hydrogen (secondary N) is 1. The van der Waals surface area contributed by atoms with Gasteiger partial charge in [-0.2, -0.15) is 0 Å². The average molecular weight is 359 g/mol. The number of carbonyl (C=O) groups is 2. The predicted octanol–water partition coefficient (Wildman–Crippen LogP) is 3.17. The Morgan fingerprint density at radius 2 is 1.81 bits per heavy atom. The smallest absolute Gasteiger partial charge is 0.251 e. The van der Waals surface area contributed by atoms with Gasteiger partial charge in [0, 0.05) is 29.7 Å². The SMILES string of the molecule is Cc1ccc(N2C(=O)C[C@H](N3CCc4c([nH]c5ccccc45)C3)C2=O)cc1. The fourth-order valence-electron chi connectivity index (χ4n) is 4.35. The third-order valence-corrected chi connectivity index (χ3v) is 5.77. The van der Waals surface area contributed by atoms with Crippen molar-refractivity contribution >= 4 is 28.4 Å². The van der Waals surface area contributed by atoms with Crippen LogP contribution in [0.5, 0.6) is 0 Å². The van der Waals surface area contributed by atoms with Gasteiger partial charge < -0.3 is 4.98 Å². The number of para-hydroxylation sites is 1. The second-order valence-electron chi connectivity index (χ2n) is 7.47. The molecule has 2 aromatic carbocycles. The van der Waals surface area contributed by atoms with Crippen LogP contribution in [0.1, 0.15) is 23.2 Å². The number of imide groups is 1. The van der Waals surface area contributed by atoms with E-state index in [1.54, 1.807) is 0 Å². The number of amides is 2. The minimum absolute atomic E-state index is 0.108. The van der Waals surface area contributed by atoms with Crippen molar-refractivity contribution in [2.45, 2.75) is 32.4 Å². The molecule has 3 aromatic rings. The van der Waals surface area contributed by atoms with Gasteiger partial charge in [0.05, 0.1) is 18.2 Å². The monoisotopic (exact) mass is 359 g/mol. The Balaban J connectivity index is 1.41. The van der Waals surface area contributed by atoms with E-state index in [0.29, 0.717) is 12.2 Å². The Kier molecular flexibility index (Phi) is 3.65. The number of aromatic nitrogens is 1. The van der Waals surface area contributed by atoms with Gasteiger partial charge in [-0.15, -0.1) is 0 Å². The maximum absolute atomic E-state index is 13.0. The number of aromatic amines is 1. The Morgan fingerprint density at radius 3 is 2.63 bits per heavy atom. The van der Waals surface area contributed by atoms with Crippen LogP contribution in [-0.2, 0) is 22.6 Å². The second-order valence-corrected chi connectivity index (χ2v) is 7.47. The summed E-state index contributed by atoms with van der Waals surface area (Å²) in [5.74, 6) is -0.222. The molecule has 0 radical (unpaired) electrons. The van der Waals surface area contributed by atoms with Gasteiger partial charge in [0.15, 0.2) is 0 Å². The zero-order valence-electron chi connectivity index (χ0n) is 15.2. The molecule has 0 unspecified atom stereocenters. The molecule has 5 rings (SSSR count). The van der Waals surface area contributed by atoms with Crippen molar-refractivity contribution in [2.75, 3.05) is 11.4 Å². The van der Waals surface area contributed by atoms with E-state index in [9.17, 15) is 9.59 Å². The number of H-pyrrole nitrogens is 1. The molecule has 2 aliphatic heterocycles. The molecular weight excluding hydrogens is 338 g/mol. The predicted molar refractivity (Wildman–Crippen MR) is 104 cm³/mol. The first-order chi connectivity index (χ1) is 13.1. The number of fused-ring (bicyclic) bond motifs is 3. The molecule has 5 nitrogen and oxygen atoms in total. The minimum Gasteiger partial charge on any atom is -0.357 e. The number of hydrogen-bond acceptors (Lipinski definition) is 3. The number of nitrogens with zero attached hydrogens (tertiary/aromatic N) is 2. The normalized spacial score (nSPS) is 20.5. The topological polar surface area (TPSA) is 56.4 Å². The molecule has 1 aromatic heterocycles. The molecule has 0 spiro atoms. The lowest BCUT2D eigenvalue weighted by Gasteiger charge is -2.30. The van der Waals surface area contributed by atoms with Gasteiger partial charge in [-0.05, 0) is 37.1 Å². The van der Waals surface area contributed by atoms with Gasteiger partial charge in [-0.1, -0.05) is 35.9 Å². The first-order valence-electron chi connectivity index (χ1n) is 9.38. The molecular formula is C22H21N3O2. The van der Waals surface area contributed by atoms with Crippen molar-refractivity contribution in [3.8, 4) is 0 Å². The van der Waals surface area contributed by atoms with E-state index in [1.807, 2.05) is 37.3 Å². The van der Waals surface area contributed by atoms with Crippen LogP contribution in [0.25, 0.3) is 10.9 Å². The fraction of sp³-hybridized carbons (Fsp3) is 0.273. The van der Waals surface area contributed by atoms with Gasteiger partial charge >= 0.3 is 0 Å². The van der Waals surface area contributed by atoms with Gasteiger partial charge in [0.1, 0.15) is 0 Å². The molecule has 0 bridgehead atoms. The lowest BCUT2D eigenvalue weighted by Crippen LogP contribution is -2.44. The zero-order chi connectivity index (χ0) is 18.5. The summed E-state index contributed by atoms with van der Waals surface area (Å²) in [7, 11) is 0. The zero-order valence-corrected chi connectivity index (χ0v) is 15.2. The Bertz CT molecular complexity index is 1050. The van der Waals surface area contributed by atoms with E-state index in [-0.39, 0.29) is 24.3 Å². The molecule has 0 saturated carbocycles. The first kappa shape index (κ1) is 16.3. The highest BCUT2D eigenvalue weighted by Gasteiger charge is 2.43. The van der Waals surface area contributed by atoms with Crippen molar-refractivity contribution < 1.29 is 9.59 Å². The third-order valence-electron chi connectivity index (χ3n) is 5.77. The van der Waals surface area contributed by atoms with Crippen LogP contribution in [0, 0.1) is 6.92 Å². The highest BCUT2D eigenvalue weighted by Crippen LogP contribution is 2.32. The number of aryl methyl sites for hydroxylation is 1. The van der Waals surface area contributed by atoms with Gasteiger partial charge in [-0.25, -0.2) is 4.90 Å². The van der Waals surface area contributed by atoms with Crippen molar-refractivity contribution in [2.24, 2.45) is 0 Å². The number of benzene rings is 2. The van der Waals surface area contributed by atoms with E-state index < -0.39 is 0 Å². The molecule has 2 aliphatic rings. The lowest BCUT2D eigenvalue weighted by molar-refractivity contribution is -0.123. The van der Waals surface area contributed by atoms with Crippen LogP contribution in [0.4, 0.5) is 5.69 Å². The van der Waals surface area contributed by atoms with Crippen LogP contribution >= 0.6 is 0 Å². The largest absolute Gasteiger partial charge is 0.357 e. The van der Waals surface area contributed by atoms with E-state index >= 15 is 0 Å². The number of rotatable bonds is 2. The molecule has 1 saturated heterocycles. The summed E-state index contributed by atoms with van der Waals surface area (Å²) >= 11 is 0. The number of hydrogen-bond donors (Lipinski definition) is 1. The average Bonchev–Trinajstić information content (AvgIpc) is 3.19. The van der Waals surface area contributed by atoms with Crippen LogP contribution in [-0.4, -0.2) is 34.3 Å². The lowest BCUT2D eigenvalue weighted by atomic mass is 10.0. The van der Waals surface area contributed by atoms with Crippen LogP contribution in [0.2, 0.25) is 0 Å². The maximum atomic E-state index is 13.0. The minimum atomic E-state index is -0.377. The highest BCUT2D eigenvalue weighted by molar-refractivity contribution is 6.22. The van der Waals surface area contributed by atoms with E-state index in [0.717, 1.165) is 29.7 Å². The molecule has 1 atom stereocenters. The molecule has 5 heteroatoms. The second kappa shape index (κ2) is 6.06. The first-order valence-corrected chi connectivity index (χ1v) is 9.38. The Morgan fingerprint density at radius 1 is 1.04 bits per heavy atom. The van der Waals surface area contributed by atoms with Crippen molar-refractivity contribution in [1.82, 2.24) is 9.88 Å². The van der Waals surface area contributed by atoms with Crippen LogP contribution in [0.3, 0.4) is 0 Å². The third kappa shape index (κ3) is 2.58. The molecule has 3 heterocycles. The van der Waals surface area contributed by atoms with Crippen LogP contribution in [0.15, 0.2) is 48.5 Å². The van der Waals surface area contributed by atoms with Crippen molar-refractivity contribution in [3.05, 3.63) is 65.4 Å². The maximum Gasteiger partial charge on any atom is 0.251 e. The summed E-state index contributed by atoms with van der Waals surface area (Å²) in [5.41, 5.74) is 5.42. The summed E-state index contributed by atoms with van der Waals surface area (Å²) in [6.45, 7) is 3.46. The molecule has 1 fully saturated rings. The van der Waals surface area contributed by atoms with Crippen molar-refractivity contribution in [3.63, 3.8) is 0 Å². The van der Waals surface area contributed by atoms with Crippen LogP contribution < -0.4 is 4.90 Å². The van der Waals surface area contributed by atoms with Gasteiger partial charge in [0.2, 0.25) is 5.91 Å². The van der Waals surface area contributed by atoms with E-state index in [1.165, 1.54) is 15.8 Å². The Hall–Kier alpha value is -2.92. The molecule has 1 N–H and O–H groups in total. The summed E-state index contributed by atoms with van der Waals surface area (Å²) in [5, 5.41) is 1.27. The fourth-order valence-corrected chi connectivity index (χ4v) is 4.35. The summed E-state index contributed by atoms with van der Waals surface area (Å²) in [6.07, 6.45) is 1.14. The standard InChI is InChI=1S/C22H21N3O2/c1-14-6-8-15(9-7-14)25-21(26)12-20(22(25)27)24-11-10-17-16-4-2-3-5-18(16)23-19(17)13-24/h2-9,20,23H,10-13H2,1H3/t20-/m0/s1. The highest BCUT2D eigenvalue weighted by atomic mass is 16.2.